The lowest BCUT2D eigenvalue weighted by molar-refractivity contribution is -0.131. The Morgan fingerprint density at radius 1 is 1.20 bits per heavy atom. The van der Waals surface area contributed by atoms with Gasteiger partial charge in [0.15, 0.2) is 0 Å². The molecule has 0 aromatic heterocycles. The van der Waals surface area contributed by atoms with Crippen LogP contribution in [0, 0.1) is 5.92 Å². The van der Waals surface area contributed by atoms with Crippen LogP contribution in [0.4, 0.5) is 0 Å². The molecule has 2 amide bonds. The third kappa shape index (κ3) is 4.02. The molecule has 2 aromatic carbocycles. The molecule has 0 bridgehead atoms. The summed E-state index contributed by atoms with van der Waals surface area (Å²) >= 11 is 6.04. The van der Waals surface area contributed by atoms with Gasteiger partial charge in [-0.1, -0.05) is 35.9 Å². The fourth-order valence-electron chi connectivity index (χ4n) is 3.11. The van der Waals surface area contributed by atoms with Crippen molar-refractivity contribution in [2.45, 2.75) is 18.9 Å². The Balaban J connectivity index is 1.59. The van der Waals surface area contributed by atoms with Crippen LogP contribution in [-0.2, 0) is 11.3 Å². The SMILES string of the molecule is CNC(=O)c1ccc(CN(C)C(=O)[C@H]2C[C@H]2c2cccc(Cl)c2)cc1. The molecule has 4 nitrogen and oxygen atoms in total. The molecular weight excluding hydrogens is 336 g/mol. The summed E-state index contributed by atoms with van der Waals surface area (Å²) in [7, 11) is 3.43. The molecule has 0 spiro atoms. The lowest BCUT2D eigenvalue weighted by atomic mass is 10.1. The molecule has 0 radical (unpaired) electrons. The van der Waals surface area contributed by atoms with Crippen molar-refractivity contribution in [1.29, 1.82) is 0 Å². The van der Waals surface area contributed by atoms with Crippen LogP contribution in [0.1, 0.15) is 33.8 Å². The van der Waals surface area contributed by atoms with Gasteiger partial charge in [-0.15, -0.1) is 0 Å². The van der Waals surface area contributed by atoms with E-state index in [1.54, 1.807) is 24.1 Å². The Hall–Kier alpha value is -2.33. The number of nitrogens with one attached hydrogen (secondary N) is 1. The van der Waals surface area contributed by atoms with Crippen LogP contribution in [0.5, 0.6) is 0 Å². The Labute approximate surface area is 152 Å². The Bertz CT molecular complexity index is 789. The highest BCUT2D eigenvalue weighted by atomic mass is 35.5. The van der Waals surface area contributed by atoms with Gasteiger partial charge in [0.1, 0.15) is 0 Å². The zero-order chi connectivity index (χ0) is 18.0. The van der Waals surface area contributed by atoms with E-state index in [1.165, 1.54) is 0 Å². The normalized spacial score (nSPS) is 18.5. The topological polar surface area (TPSA) is 49.4 Å². The number of nitrogens with zero attached hydrogens (tertiary/aromatic N) is 1. The van der Waals surface area contributed by atoms with Crippen molar-refractivity contribution in [3.63, 3.8) is 0 Å². The molecule has 0 unspecified atom stereocenters. The maximum atomic E-state index is 12.6. The van der Waals surface area contributed by atoms with Crippen molar-refractivity contribution in [3.8, 4) is 0 Å². The lowest BCUT2D eigenvalue weighted by Gasteiger charge is -2.17. The average Bonchev–Trinajstić information content (AvgIpc) is 3.41. The van der Waals surface area contributed by atoms with Crippen molar-refractivity contribution >= 4 is 23.4 Å². The summed E-state index contributed by atoms with van der Waals surface area (Å²) in [6.45, 7) is 0.533. The smallest absolute Gasteiger partial charge is 0.251 e. The monoisotopic (exact) mass is 356 g/mol. The van der Waals surface area contributed by atoms with Gasteiger partial charge in [0, 0.05) is 37.1 Å². The molecule has 2 aromatic rings. The van der Waals surface area contributed by atoms with Gasteiger partial charge in [-0.2, -0.15) is 0 Å². The molecule has 0 aliphatic heterocycles. The first-order chi connectivity index (χ1) is 12.0. The number of carbonyl (C=O) groups excluding carboxylic acids is 2. The minimum atomic E-state index is -0.113. The molecule has 25 heavy (non-hydrogen) atoms. The van der Waals surface area contributed by atoms with Crippen LogP contribution >= 0.6 is 11.6 Å². The van der Waals surface area contributed by atoms with Crippen molar-refractivity contribution in [2.75, 3.05) is 14.1 Å². The zero-order valence-corrected chi connectivity index (χ0v) is 15.1. The number of benzene rings is 2. The predicted molar refractivity (Wildman–Crippen MR) is 98.6 cm³/mol. The van der Waals surface area contributed by atoms with Crippen LogP contribution in [0.3, 0.4) is 0 Å². The van der Waals surface area contributed by atoms with Crippen molar-refractivity contribution in [1.82, 2.24) is 10.2 Å². The van der Waals surface area contributed by atoms with Crippen molar-refractivity contribution in [2.24, 2.45) is 5.92 Å². The first kappa shape index (κ1) is 17.5. The number of halogens is 1. The van der Waals surface area contributed by atoms with Crippen LogP contribution in [0.2, 0.25) is 5.02 Å². The summed E-state index contributed by atoms with van der Waals surface area (Å²) in [5.74, 6) is 0.344. The highest BCUT2D eigenvalue weighted by Crippen LogP contribution is 2.48. The van der Waals surface area contributed by atoms with Gasteiger partial charge < -0.3 is 10.2 Å². The minimum absolute atomic E-state index is 0.0357. The van der Waals surface area contributed by atoms with E-state index in [4.69, 9.17) is 11.6 Å². The molecule has 1 fully saturated rings. The maximum Gasteiger partial charge on any atom is 0.251 e. The van der Waals surface area contributed by atoms with E-state index in [0.717, 1.165) is 17.5 Å². The van der Waals surface area contributed by atoms with Crippen LogP contribution in [0.25, 0.3) is 0 Å². The molecule has 1 aliphatic carbocycles. The Kier molecular flexibility index (Phi) is 5.09. The molecule has 0 heterocycles. The van der Waals surface area contributed by atoms with E-state index in [1.807, 2.05) is 43.4 Å². The lowest BCUT2D eigenvalue weighted by Crippen LogP contribution is -2.28. The third-order valence-electron chi connectivity index (χ3n) is 4.62. The van der Waals surface area contributed by atoms with Gasteiger partial charge in [0.05, 0.1) is 0 Å². The average molecular weight is 357 g/mol. The van der Waals surface area contributed by atoms with Crippen LogP contribution in [-0.4, -0.2) is 30.8 Å². The molecule has 130 valence electrons. The third-order valence-corrected chi connectivity index (χ3v) is 4.86. The van der Waals surface area contributed by atoms with Gasteiger partial charge in [0.2, 0.25) is 5.91 Å². The number of carbonyl (C=O) groups is 2. The molecule has 3 rings (SSSR count). The fraction of sp³-hybridized carbons (Fsp3) is 0.300. The van der Waals surface area contributed by atoms with E-state index in [0.29, 0.717) is 17.1 Å². The second kappa shape index (κ2) is 7.28. The van der Waals surface area contributed by atoms with Crippen molar-refractivity contribution in [3.05, 3.63) is 70.2 Å². The second-order valence-corrected chi connectivity index (χ2v) is 6.91. The quantitative estimate of drug-likeness (QED) is 0.891. The number of hydrogen-bond donors (Lipinski definition) is 1. The van der Waals surface area contributed by atoms with Gasteiger partial charge in [-0.25, -0.2) is 0 Å². The van der Waals surface area contributed by atoms with Crippen LogP contribution < -0.4 is 5.32 Å². The maximum absolute atomic E-state index is 12.6. The van der Waals surface area contributed by atoms with E-state index in [2.05, 4.69) is 5.32 Å². The molecule has 5 heteroatoms. The van der Waals surface area contributed by atoms with E-state index in [-0.39, 0.29) is 23.7 Å². The largest absolute Gasteiger partial charge is 0.355 e. The predicted octanol–water partition coefficient (Wildman–Crippen LogP) is 3.46. The van der Waals surface area contributed by atoms with Gasteiger partial charge in [-0.05, 0) is 47.7 Å². The molecule has 1 saturated carbocycles. The summed E-state index contributed by atoms with van der Waals surface area (Å²) in [5.41, 5.74) is 2.75. The molecular formula is C20H21ClN2O2. The summed E-state index contributed by atoms with van der Waals surface area (Å²) < 4.78 is 0. The number of hydrogen-bond acceptors (Lipinski definition) is 2. The molecule has 0 saturated heterocycles. The Morgan fingerprint density at radius 3 is 2.56 bits per heavy atom. The summed E-state index contributed by atoms with van der Waals surface area (Å²) in [5, 5.41) is 3.30. The first-order valence-corrected chi connectivity index (χ1v) is 8.69. The first-order valence-electron chi connectivity index (χ1n) is 8.31. The van der Waals surface area contributed by atoms with Gasteiger partial charge >= 0.3 is 0 Å². The summed E-state index contributed by atoms with van der Waals surface area (Å²) in [4.78, 5) is 25.9. The van der Waals surface area contributed by atoms with E-state index >= 15 is 0 Å². The number of amides is 2. The highest BCUT2D eigenvalue weighted by Gasteiger charge is 2.45. The second-order valence-electron chi connectivity index (χ2n) is 6.47. The number of rotatable bonds is 5. The zero-order valence-electron chi connectivity index (χ0n) is 14.3. The standard InChI is InChI=1S/C20H21ClN2O2/c1-22-19(24)14-8-6-13(7-9-14)12-23(2)20(25)18-11-17(18)15-4-3-5-16(21)10-15/h3-10,17-18H,11-12H2,1-2H3,(H,22,24)/t17-,18-/m0/s1. The Morgan fingerprint density at radius 2 is 1.92 bits per heavy atom. The molecule has 1 N–H and O–H groups in total. The van der Waals surface area contributed by atoms with Gasteiger partial charge in [-0.3, -0.25) is 9.59 Å². The fourth-order valence-corrected chi connectivity index (χ4v) is 3.31. The summed E-state index contributed by atoms with van der Waals surface area (Å²) in [6.07, 6.45) is 0.874. The summed E-state index contributed by atoms with van der Waals surface area (Å²) in [6, 6.07) is 15.1. The minimum Gasteiger partial charge on any atom is -0.355 e. The highest BCUT2D eigenvalue weighted by molar-refractivity contribution is 6.30. The van der Waals surface area contributed by atoms with E-state index < -0.39 is 0 Å². The van der Waals surface area contributed by atoms with E-state index in [9.17, 15) is 9.59 Å². The van der Waals surface area contributed by atoms with Gasteiger partial charge in [0.25, 0.3) is 5.91 Å². The van der Waals surface area contributed by atoms with Crippen LogP contribution in [0.15, 0.2) is 48.5 Å². The molecule has 2 atom stereocenters. The van der Waals surface area contributed by atoms with Crippen molar-refractivity contribution < 1.29 is 9.59 Å². The molecule has 1 aliphatic rings.